The summed E-state index contributed by atoms with van der Waals surface area (Å²) in [6, 6.07) is 5.88. The lowest BCUT2D eigenvalue weighted by Gasteiger charge is -2.03. The molecule has 35 heavy (non-hydrogen) atoms. The maximum Gasteiger partial charge on any atom is 0.337 e. The van der Waals surface area contributed by atoms with Gasteiger partial charge in [0.2, 0.25) is 0 Å². The molecule has 1 aromatic carbocycles. The monoisotopic (exact) mass is 498 g/mol. The van der Waals surface area contributed by atoms with E-state index in [-0.39, 0.29) is 19.0 Å². The van der Waals surface area contributed by atoms with Crippen molar-refractivity contribution in [2.45, 2.75) is 110 Å². The lowest BCUT2D eigenvalue weighted by atomic mass is 10.0. The molecule has 0 aromatic heterocycles. The molecule has 0 atom stereocenters. The molecule has 4 N–H and O–H groups in total. The van der Waals surface area contributed by atoms with Crippen molar-refractivity contribution in [3.8, 4) is 5.75 Å². The molecular weight excluding hydrogens is 448 g/mol. The molecule has 204 valence electrons. The first kappa shape index (κ1) is 35.0. The predicted molar refractivity (Wildman–Crippen MR) is 141 cm³/mol. The number of phenolic OH excluding ortho intramolecular Hbond substituents is 1. The van der Waals surface area contributed by atoms with Crippen LogP contribution >= 0.6 is 0 Å². The summed E-state index contributed by atoms with van der Waals surface area (Å²) in [7, 11) is 1.31. The molecule has 0 fully saturated rings. The minimum Gasteiger partial charge on any atom is -0.508 e. The molecule has 0 amide bonds. The zero-order valence-electron chi connectivity index (χ0n) is 22.1. The fourth-order valence-electron chi connectivity index (χ4n) is 3.36. The molecule has 1 rings (SSSR count). The molecule has 0 unspecified atom stereocenters. The first-order chi connectivity index (χ1) is 16.9. The summed E-state index contributed by atoms with van der Waals surface area (Å²) in [4.78, 5) is 21.2. The lowest BCUT2D eigenvalue weighted by Crippen LogP contribution is -1.99. The highest BCUT2D eigenvalue weighted by molar-refractivity contribution is 5.89. The van der Waals surface area contributed by atoms with E-state index >= 15 is 0 Å². The van der Waals surface area contributed by atoms with Gasteiger partial charge in [0.25, 0.3) is 0 Å². The first-order valence-corrected chi connectivity index (χ1v) is 13.2. The highest BCUT2D eigenvalue weighted by Gasteiger charge is 2.02. The maximum atomic E-state index is 10.8. The van der Waals surface area contributed by atoms with Crippen LogP contribution in [-0.4, -0.2) is 52.7 Å². The van der Waals surface area contributed by atoms with Crippen molar-refractivity contribution in [1.29, 1.82) is 0 Å². The van der Waals surface area contributed by atoms with Crippen molar-refractivity contribution in [2.75, 3.05) is 20.3 Å². The molecule has 0 aliphatic heterocycles. The van der Waals surface area contributed by atoms with Crippen LogP contribution in [0.4, 0.5) is 0 Å². The van der Waals surface area contributed by atoms with Crippen LogP contribution in [0.1, 0.15) is 120 Å². The number of carboxylic acids is 1. The smallest absolute Gasteiger partial charge is 0.337 e. The number of carboxylic acid groups (broad SMARTS) is 1. The van der Waals surface area contributed by atoms with Crippen molar-refractivity contribution in [2.24, 2.45) is 0 Å². The van der Waals surface area contributed by atoms with Gasteiger partial charge in [-0.25, -0.2) is 4.79 Å². The van der Waals surface area contributed by atoms with Crippen LogP contribution < -0.4 is 0 Å². The number of esters is 1. The molecule has 7 nitrogen and oxygen atoms in total. The van der Waals surface area contributed by atoms with Gasteiger partial charge in [0.1, 0.15) is 5.75 Å². The van der Waals surface area contributed by atoms with Gasteiger partial charge in [-0.3, -0.25) is 4.79 Å². The molecule has 0 radical (unpaired) electrons. The number of aliphatic hydroxyl groups is 2. The number of phenols is 1. The average molecular weight is 499 g/mol. The van der Waals surface area contributed by atoms with Crippen molar-refractivity contribution >= 4 is 11.9 Å². The summed E-state index contributed by atoms with van der Waals surface area (Å²) in [5.74, 6) is -0.914. The molecule has 0 aliphatic carbocycles. The van der Waals surface area contributed by atoms with E-state index in [1.807, 2.05) is 0 Å². The molecule has 0 bridgehead atoms. The van der Waals surface area contributed by atoms with Gasteiger partial charge in [-0.2, -0.15) is 0 Å². The SMILES string of the molecule is CCCCCCCCCCCCCCCCCC(=O)O.COC(=O)c1ccc(O)cc1.OCCO. The fourth-order valence-corrected chi connectivity index (χ4v) is 3.36. The van der Waals surface area contributed by atoms with E-state index in [4.69, 9.17) is 20.4 Å². The molecule has 1 aromatic rings. The molecule has 0 aliphatic rings. The Bertz CT molecular complexity index is 585. The van der Waals surface area contributed by atoms with Gasteiger partial charge in [0.05, 0.1) is 25.9 Å². The van der Waals surface area contributed by atoms with Crippen molar-refractivity contribution in [1.82, 2.24) is 0 Å². The Morgan fingerprint density at radius 1 is 0.686 bits per heavy atom. The zero-order chi connectivity index (χ0) is 26.6. The molecule has 7 heteroatoms. The van der Waals surface area contributed by atoms with Crippen molar-refractivity contribution in [3.05, 3.63) is 29.8 Å². The fraction of sp³-hybridized carbons (Fsp3) is 0.714. The quantitative estimate of drug-likeness (QED) is 0.135. The number of methoxy groups -OCH3 is 1. The number of carbonyl (C=O) groups excluding carboxylic acids is 1. The highest BCUT2D eigenvalue weighted by Crippen LogP contribution is 2.13. The summed E-state index contributed by atoms with van der Waals surface area (Å²) in [6.07, 6.45) is 20.2. The van der Waals surface area contributed by atoms with Gasteiger partial charge in [0.15, 0.2) is 0 Å². The van der Waals surface area contributed by atoms with E-state index in [9.17, 15) is 9.59 Å². The Hall–Kier alpha value is -2.12. The molecule has 0 saturated heterocycles. The van der Waals surface area contributed by atoms with Gasteiger partial charge in [-0.05, 0) is 30.7 Å². The van der Waals surface area contributed by atoms with Crippen LogP contribution in [0, 0.1) is 0 Å². The second-order valence-electron chi connectivity index (χ2n) is 8.58. The van der Waals surface area contributed by atoms with E-state index in [1.54, 1.807) is 0 Å². The summed E-state index contributed by atoms with van der Waals surface area (Å²) < 4.78 is 4.46. The van der Waals surface area contributed by atoms with Crippen LogP contribution in [0.5, 0.6) is 5.75 Å². The minimum absolute atomic E-state index is 0.125. The van der Waals surface area contributed by atoms with Crippen molar-refractivity contribution in [3.63, 3.8) is 0 Å². The van der Waals surface area contributed by atoms with Gasteiger partial charge >= 0.3 is 11.9 Å². The van der Waals surface area contributed by atoms with Crippen LogP contribution in [0.2, 0.25) is 0 Å². The topological polar surface area (TPSA) is 124 Å². The second-order valence-corrected chi connectivity index (χ2v) is 8.58. The third-order valence-corrected chi connectivity index (χ3v) is 5.38. The Kier molecular flexibility index (Phi) is 28.2. The Morgan fingerprint density at radius 2 is 1.06 bits per heavy atom. The number of aliphatic carboxylic acids is 1. The number of unbranched alkanes of at least 4 members (excludes halogenated alkanes) is 14. The minimum atomic E-state index is -0.653. The van der Waals surface area contributed by atoms with Crippen LogP contribution in [0.25, 0.3) is 0 Å². The number of hydrogen-bond donors (Lipinski definition) is 4. The summed E-state index contributed by atoms with van der Waals surface area (Å²) in [5, 5.41) is 32.6. The van der Waals surface area contributed by atoms with Gasteiger partial charge in [-0.15, -0.1) is 0 Å². The largest absolute Gasteiger partial charge is 0.508 e. The number of rotatable bonds is 18. The third kappa shape index (κ3) is 28.0. The number of ether oxygens (including phenoxy) is 1. The van der Waals surface area contributed by atoms with E-state index < -0.39 is 11.9 Å². The van der Waals surface area contributed by atoms with Gasteiger partial charge in [-0.1, -0.05) is 96.8 Å². The van der Waals surface area contributed by atoms with E-state index in [0.29, 0.717) is 12.0 Å². The second kappa shape index (κ2) is 28.1. The Morgan fingerprint density at radius 3 is 1.37 bits per heavy atom. The van der Waals surface area contributed by atoms with E-state index in [1.165, 1.54) is 115 Å². The average Bonchev–Trinajstić information content (AvgIpc) is 2.86. The van der Waals surface area contributed by atoms with Crippen LogP contribution in [0.15, 0.2) is 24.3 Å². The normalized spacial score (nSPS) is 9.94. The molecule has 0 saturated carbocycles. The maximum absolute atomic E-state index is 10.8. The standard InChI is InChI=1S/C18H36O2.C8H8O3.C2H6O2/c1-2-3-4-5-6-7-8-9-10-11-12-13-14-15-16-17-18(19)20;1-11-8(10)6-2-4-7(9)5-3-6;3-1-2-4/h2-17H2,1H3,(H,19,20);2-5,9H,1H3;3-4H,1-2H2. The third-order valence-electron chi connectivity index (χ3n) is 5.38. The van der Waals surface area contributed by atoms with Crippen LogP contribution in [0.3, 0.4) is 0 Å². The lowest BCUT2D eigenvalue weighted by molar-refractivity contribution is -0.137. The number of carbonyl (C=O) groups is 2. The zero-order valence-corrected chi connectivity index (χ0v) is 22.1. The Balaban J connectivity index is 0. The Labute approximate surface area is 212 Å². The van der Waals surface area contributed by atoms with Gasteiger partial charge in [0, 0.05) is 6.42 Å². The number of hydrogen-bond acceptors (Lipinski definition) is 6. The summed E-state index contributed by atoms with van der Waals surface area (Å²) >= 11 is 0. The number of aromatic hydroxyl groups is 1. The summed E-state index contributed by atoms with van der Waals surface area (Å²) in [6.45, 7) is 2.02. The van der Waals surface area contributed by atoms with Crippen molar-refractivity contribution < 1.29 is 34.8 Å². The number of aliphatic hydroxyl groups excluding tert-OH is 2. The predicted octanol–water partition coefficient (Wildman–Crippen LogP) is 6.48. The van der Waals surface area contributed by atoms with E-state index in [0.717, 1.165) is 12.8 Å². The van der Waals surface area contributed by atoms with Gasteiger partial charge < -0.3 is 25.2 Å². The highest BCUT2D eigenvalue weighted by atomic mass is 16.5. The number of benzene rings is 1. The molecule has 0 heterocycles. The molecular formula is C28H50O7. The summed E-state index contributed by atoms with van der Waals surface area (Å²) in [5.41, 5.74) is 0.435. The van der Waals surface area contributed by atoms with E-state index in [2.05, 4.69) is 11.7 Å². The van der Waals surface area contributed by atoms with Crippen LogP contribution in [-0.2, 0) is 9.53 Å². The first-order valence-electron chi connectivity index (χ1n) is 13.2. The molecule has 0 spiro atoms.